The number of likely N-dealkylation sites (tertiary alicyclic amines) is 1. The average molecular weight is 358 g/mol. The van der Waals surface area contributed by atoms with Gasteiger partial charge in [0.25, 0.3) is 5.91 Å². The van der Waals surface area contributed by atoms with Crippen molar-refractivity contribution in [1.29, 1.82) is 0 Å². The molecule has 0 N–H and O–H groups in total. The molecule has 0 bridgehead atoms. The molecule has 1 amide bonds. The zero-order chi connectivity index (χ0) is 16.7. The first-order valence-corrected chi connectivity index (χ1v) is 8.69. The Morgan fingerprint density at radius 3 is 2.35 bits per heavy atom. The Balaban J connectivity index is 1.79. The summed E-state index contributed by atoms with van der Waals surface area (Å²) in [6, 6.07) is 4.94. The van der Waals surface area contributed by atoms with Gasteiger partial charge in [0.15, 0.2) is 6.61 Å². The molecule has 1 aliphatic rings. The fraction of sp³-hybridized carbons (Fsp3) is 0.529. The van der Waals surface area contributed by atoms with Crippen molar-refractivity contribution in [3.63, 3.8) is 0 Å². The van der Waals surface area contributed by atoms with Gasteiger partial charge in [-0.2, -0.15) is 0 Å². The summed E-state index contributed by atoms with van der Waals surface area (Å²) in [5, 5.41) is 0.934. The number of ether oxygens (including phenoxy) is 1. The summed E-state index contributed by atoms with van der Waals surface area (Å²) < 4.78 is 5.10. The highest BCUT2D eigenvalue weighted by Gasteiger charge is 2.17. The first kappa shape index (κ1) is 18.1. The van der Waals surface area contributed by atoms with E-state index in [0.29, 0.717) is 15.6 Å². The van der Waals surface area contributed by atoms with Gasteiger partial charge in [0.1, 0.15) is 0 Å². The van der Waals surface area contributed by atoms with E-state index in [0.717, 1.165) is 38.8 Å². The van der Waals surface area contributed by atoms with Gasteiger partial charge in [-0.15, -0.1) is 0 Å². The third kappa shape index (κ3) is 6.04. The van der Waals surface area contributed by atoms with Crippen molar-refractivity contribution >= 4 is 35.1 Å². The molecule has 23 heavy (non-hydrogen) atoms. The minimum atomic E-state index is -0.463. The maximum atomic E-state index is 12.1. The third-order valence-electron chi connectivity index (χ3n) is 3.92. The van der Waals surface area contributed by atoms with E-state index >= 15 is 0 Å². The van der Waals surface area contributed by atoms with E-state index in [1.54, 1.807) is 23.1 Å². The Morgan fingerprint density at radius 2 is 1.70 bits per heavy atom. The second kappa shape index (κ2) is 9.14. The van der Waals surface area contributed by atoms with Gasteiger partial charge < -0.3 is 9.64 Å². The second-order valence-electron chi connectivity index (χ2n) is 5.72. The summed E-state index contributed by atoms with van der Waals surface area (Å²) in [4.78, 5) is 25.8. The normalized spacial score (nSPS) is 15.7. The summed E-state index contributed by atoms with van der Waals surface area (Å²) in [6.07, 6.45) is 5.60. The molecule has 0 unspecified atom stereocenters. The van der Waals surface area contributed by atoms with Crippen LogP contribution < -0.4 is 0 Å². The zero-order valence-corrected chi connectivity index (χ0v) is 14.5. The van der Waals surface area contributed by atoms with E-state index in [1.807, 2.05) is 0 Å². The highest BCUT2D eigenvalue weighted by atomic mass is 35.5. The third-order valence-corrected chi connectivity index (χ3v) is 4.50. The van der Waals surface area contributed by atoms with Crippen molar-refractivity contribution in [1.82, 2.24) is 4.90 Å². The number of amides is 1. The molecule has 126 valence electrons. The Morgan fingerprint density at radius 1 is 1.04 bits per heavy atom. The molecule has 1 saturated heterocycles. The fourth-order valence-corrected chi connectivity index (χ4v) is 3.08. The molecule has 0 radical (unpaired) electrons. The molecule has 0 spiro atoms. The van der Waals surface area contributed by atoms with Gasteiger partial charge >= 0.3 is 5.97 Å². The lowest BCUT2D eigenvalue weighted by atomic mass is 10.1. The van der Waals surface area contributed by atoms with Gasteiger partial charge in [-0.25, -0.2) is 0 Å². The Bertz CT molecular complexity index is 555. The lowest BCUT2D eigenvalue weighted by Crippen LogP contribution is -2.37. The van der Waals surface area contributed by atoms with Crippen LogP contribution in [0.15, 0.2) is 18.2 Å². The van der Waals surface area contributed by atoms with Crippen molar-refractivity contribution in [3.05, 3.63) is 33.8 Å². The lowest BCUT2D eigenvalue weighted by Gasteiger charge is -2.24. The summed E-state index contributed by atoms with van der Waals surface area (Å²) >= 11 is 11.8. The number of nitrogens with zero attached hydrogens (tertiary/aromatic N) is 1. The summed E-state index contributed by atoms with van der Waals surface area (Å²) in [5.41, 5.74) is 0.639. The molecule has 1 aromatic rings. The van der Waals surface area contributed by atoms with Crippen LogP contribution in [0.4, 0.5) is 0 Å². The van der Waals surface area contributed by atoms with Crippen molar-refractivity contribution in [2.45, 2.75) is 38.5 Å². The summed E-state index contributed by atoms with van der Waals surface area (Å²) in [6.45, 7) is 1.29. The smallest absolute Gasteiger partial charge is 0.310 e. The molecular weight excluding hydrogens is 337 g/mol. The van der Waals surface area contributed by atoms with Crippen LogP contribution in [-0.4, -0.2) is 36.5 Å². The largest absolute Gasteiger partial charge is 0.455 e. The first-order chi connectivity index (χ1) is 11.1. The summed E-state index contributed by atoms with van der Waals surface area (Å²) in [7, 11) is 0. The van der Waals surface area contributed by atoms with Gasteiger partial charge in [0, 0.05) is 23.1 Å². The van der Waals surface area contributed by atoms with Crippen LogP contribution in [0, 0.1) is 0 Å². The van der Waals surface area contributed by atoms with E-state index < -0.39 is 5.97 Å². The maximum absolute atomic E-state index is 12.1. The molecule has 1 aromatic carbocycles. The van der Waals surface area contributed by atoms with Gasteiger partial charge in [0.2, 0.25) is 0 Å². The van der Waals surface area contributed by atoms with E-state index in [-0.39, 0.29) is 18.9 Å². The number of carbonyl (C=O) groups is 2. The Labute approximate surface area is 146 Å². The Kier molecular flexibility index (Phi) is 7.18. The van der Waals surface area contributed by atoms with Crippen molar-refractivity contribution < 1.29 is 14.3 Å². The molecule has 0 aromatic heterocycles. The Hall–Kier alpha value is -1.26. The maximum Gasteiger partial charge on any atom is 0.310 e. The molecule has 1 heterocycles. The second-order valence-corrected chi connectivity index (χ2v) is 6.57. The molecule has 6 heteroatoms. The number of benzene rings is 1. The SMILES string of the molecule is O=C(Cc1ccc(Cl)cc1Cl)OCC(=O)N1CCCCCCC1. The molecule has 2 rings (SSSR count). The summed E-state index contributed by atoms with van der Waals surface area (Å²) in [5.74, 6) is -0.586. The van der Waals surface area contributed by atoms with Gasteiger partial charge in [-0.1, -0.05) is 48.5 Å². The van der Waals surface area contributed by atoms with Crippen LogP contribution in [0.1, 0.15) is 37.7 Å². The number of esters is 1. The van der Waals surface area contributed by atoms with Crippen molar-refractivity contribution in [2.24, 2.45) is 0 Å². The van der Waals surface area contributed by atoms with Crippen LogP contribution >= 0.6 is 23.2 Å². The number of rotatable bonds is 4. The molecule has 0 atom stereocenters. The van der Waals surface area contributed by atoms with Gasteiger partial charge in [-0.05, 0) is 30.5 Å². The topological polar surface area (TPSA) is 46.6 Å². The van der Waals surface area contributed by atoms with Gasteiger partial charge in [-0.3, -0.25) is 9.59 Å². The van der Waals surface area contributed by atoms with E-state index in [9.17, 15) is 9.59 Å². The predicted octanol–water partition coefficient (Wildman–Crippen LogP) is 3.87. The zero-order valence-electron chi connectivity index (χ0n) is 13.0. The van der Waals surface area contributed by atoms with Crippen LogP contribution in [0.25, 0.3) is 0 Å². The van der Waals surface area contributed by atoms with Crippen LogP contribution in [-0.2, 0) is 20.7 Å². The van der Waals surface area contributed by atoms with Crippen LogP contribution in [0.2, 0.25) is 10.0 Å². The highest BCUT2D eigenvalue weighted by molar-refractivity contribution is 6.35. The van der Waals surface area contributed by atoms with E-state index in [2.05, 4.69) is 0 Å². The average Bonchev–Trinajstić information content (AvgIpc) is 2.47. The molecular formula is C17H21Cl2NO3. The van der Waals surface area contributed by atoms with Crippen LogP contribution in [0.5, 0.6) is 0 Å². The minimum Gasteiger partial charge on any atom is -0.455 e. The van der Waals surface area contributed by atoms with E-state index in [4.69, 9.17) is 27.9 Å². The molecule has 1 aliphatic heterocycles. The highest BCUT2D eigenvalue weighted by Crippen LogP contribution is 2.21. The number of hydrogen-bond donors (Lipinski definition) is 0. The minimum absolute atomic E-state index is 0.0310. The van der Waals surface area contributed by atoms with Crippen molar-refractivity contribution in [2.75, 3.05) is 19.7 Å². The fourth-order valence-electron chi connectivity index (χ4n) is 2.60. The quantitative estimate of drug-likeness (QED) is 0.768. The molecule has 0 saturated carbocycles. The van der Waals surface area contributed by atoms with Gasteiger partial charge in [0.05, 0.1) is 6.42 Å². The van der Waals surface area contributed by atoms with Crippen LogP contribution in [0.3, 0.4) is 0 Å². The predicted molar refractivity (Wildman–Crippen MR) is 90.8 cm³/mol. The van der Waals surface area contributed by atoms with Crippen molar-refractivity contribution in [3.8, 4) is 0 Å². The lowest BCUT2D eigenvalue weighted by molar-refractivity contribution is -0.151. The first-order valence-electron chi connectivity index (χ1n) is 7.93. The monoisotopic (exact) mass is 357 g/mol. The molecule has 4 nitrogen and oxygen atoms in total. The number of halogens is 2. The number of hydrogen-bond acceptors (Lipinski definition) is 3. The molecule has 1 fully saturated rings. The van der Waals surface area contributed by atoms with E-state index in [1.165, 1.54) is 6.42 Å². The number of carbonyl (C=O) groups excluding carboxylic acids is 2. The standard InChI is InChI=1S/C17H21Cl2NO3/c18-14-7-6-13(15(19)11-14)10-17(22)23-12-16(21)20-8-4-2-1-3-5-9-20/h6-7,11H,1-5,8-10,12H2. The molecule has 0 aliphatic carbocycles.